The van der Waals surface area contributed by atoms with E-state index in [-0.39, 0.29) is 17.7 Å². The molecule has 3 aromatic rings. The van der Waals surface area contributed by atoms with Gasteiger partial charge >= 0.3 is 0 Å². The molecule has 0 spiro atoms. The van der Waals surface area contributed by atoms with Gasteiger partial charge in [0.15, 0.2) is 0 Å². The Labute approximate surface area is 191 Å². The number of unbranched alkanes of at least 4 members (excludes halogenated alkanes) is 5. The van der Waals surface area contributed by atoms with Gasteiger partial charge in [-0.25, -0.2) is 0 Å². The van der Waals surface area contributed by atoms with Crippen molar-refractivity contribution in [1.82, 2.24) is 9.88 Å². The predicted octanol–water partition coefficient (Wildman–Crippen LogP) is 5.61. The van der Waals surface area contributed by atoms with Crippen LogP contribution in [0.1, 0.15) is 62.8 Å². The molecule has 32 heavy (non-hydrogen) atoms. The van der Waals surface area contributed by atoms with E-state index >= 15 is 0 Å². The van der Waals surface area contributed by atoms with E-state index in [0.717, 1.165) is 61.6 Å². The number of hydrogen-bond acceptors (Lipinski definition) is 2. The van der Waals surface area contributed by atoms with Crippen LogP contribution in [0.2, 0.25) is 0 Å². The number of nitrogens with one attached hydrogen (secondary N) is 1. The normalized spacial score (nSPS) is 12.1. The number of aromatic nitrogens is 1. The zero-order valence-corrected chi connectivity index (χ0v) is 19.3. The minimum atomic E-state index is -0.217. The van der Waals surface area contributed by atoms with Crippen LogP contribution in [-0.4, -0.2) is 35.8 Å². The summed E-state index contributed by atoms with van der Waals surface area (Å²) in [6.07, 6.45) is 9.56. The first-order valence-electron chi connectivity index (χ1n) is 11.6. The van der Waals surface area contributed by atoms with E-state index in [1.165, 1.54) is 10.9 Å². The van der Waals surface area contributed by atoms with Gasteiger partial charge in [-0.05, 0) is 47.1 Å². The molecule has 0 bridgehead atoms. The Bertz CT molecular complexity index is 1020. The van der Waals surface area contributed by atoms with Crippen molar-refractivity contribution < 1.29 is 9.59 Å². The maximum absolute atomic E-state index is 12.9. The number of H-pyrrole nitrogens is 1. The molecule has 0 aliphatic carbocycles. The van der Waals surface area contributed by atoms with Gasteiger partial charge in [0.05, 0.1) is 5.92 Å². The summed E-state index contributed by atoms with van der Waals surface area (Å²) in [6.45, 7) is 0. The lowest BCUT2D eigenvalue weighted by atomic mass is 9.90. The molecular formula is C27H35N3O2. The SMILES string of the molecule is CN(C)C(=O)C(CCCCCCCCC(N)=O)c1ccc(-c2ccc3cc[nH]c3c2)cc1. The van der Waals surface area contributed by atoms with Crippen LogP contribution >= 0.6 is 0 Å². The molecule has 1 atom stereocenters. The molecule has 0 fully saturated rings. The minimum Gasteiger partial charge on any atom is -0.370 e. The summed E-state index contributed by atoms with van der Waals surface area (Å²) in [4.78, 5) is 28.6. The third-order valence-corrected chi connectivity index (χ3v) is 6.11. The first kappa shape index (κ1) is 23.6. The van der Waals surface area contributed by atoms with Crippen LogP contribution in [0.15, 0.2) is 54.7 Å². The topological polar surface area (TPSA) is 79.2 Å². The summed E-state index contributed by atoms with van der Waals surface area (Å²) < 4.78 is 0. The van der Waals surface area contributed by atoms with Gasteiger partial charge in [-0.1, -0.05) is 68.5 Å². The largest absolute Gasteiger partial charge is 0.370 e. The second kappa shape index (κ2) is 11.5. The van der Waals surface area contributed by atoms with Crippen LogP contribution < -0.4 is 5.73 Å². The van der Waals surface area contributed by atoms with Crippen LogP contribution in [0, 0.1) is 0 Å². The number of rotatable bonds is 12. The molecule has 5 nitrogen and oxygen atoms in total. The minimum absolute atomic E-state index is 0.111. The molecule has 0 radical (unpaired) electrons. The second-order valence-corrected chi connectivity index (χ2v) is 8.81. The number of nitrogens with zero attached hydrogens (tertiary/aromatic N) is 1. The van der Waals surface area contributed by atoms with Crippen molar-refractivity contribution in [3.05, 3.63) is 60.3 Å². The Balaban J connectivity index is 1.58. The van der Waals surface area contributed by atoms with E-state index < -0.39 is 0 Å². The number of benzene rings is 2. The van der Waals surface area contributed by atoms with Gasteiger partial charge in [0, 0.05) is 32.2 Å². The molecule has 3 N–H and O–H groups in total. The number of amides is 2. The van der Waals surface area contributed by atoms with Crippen molar-refractivity contribution in [2.45, 2.75) is 57.3 Å². The van der Waals surface area contributed by atoms with Crippen LogP contribution in [0.25, 0.3) is 22.0 Å². The predicted molar refractivity (Wildman–Crippen MR) is 131 cm³/mol. The highest BCUT2D eigenvalue weighted by Gasteiger charge is 2.22. The fraction of sp³-hybridized carbons (Fsp3) is 0.407. The van der Waals surface area contributed by atoms with Crippen LogP contribution in [-0.2, 0) is 9.59 Å². The molecule has 1 heterocycles. The number of hydrogen-bond donors (Lipinski definition) is 2. The third-order valence-electron chi connectivity index (χ3n) is 6.11. The molecular weight excluding hydrogens is 398 g/mol. The summed E-state index contributed by atoms with van der Waals surface area (Å²) in [7, 11) is 3.65. The Hall–Kier alpha value is -3.08. The highest BCUT2D eigenvalue weighted by molar-refractivity contribution is 5.85. The van der Waals surface area contributed by atoms with Crippen molar-refractivity contribution in [3.8, 4) is 11.1 Å². The van der Waals surface area contributed by atoms with Crippen LogP contribution in [0.5, 0.6) is 0 Å². The Morgan fingerprint density at radius 3 is 2.22 bits per heavy atom. The Kier molecular flexibility index (Phi) is 8.48. The number of primary amides is 1. The third kappa shape index (κ3) is 6.46. The van der Waals surface area contributed by atoms with E-state index in [9.17, 15) is 9.59 Å². The molecule has 2 aromatic carbocycles. The molecule has 1 unspecified atom stereocenters. The molecule has 170 valence electrons. The standard InChI is InChI=1S/C27H35N3O2/c1-30(2)27(32)24(9-7-5-3-4-6-8-10-26(28)31)21-13-11-20(12-14-21)23-16-15-22-17-18-29-25(22)19-23/h11-19,24,29H,3-10H2,1-2H3,(H2,28,31). The first-order chi connectivity index (χ1) is 15.5. The number of nitrogens with two attached hydrogens (primary N) is 1. The average Bonchev–Trinajstić information content (AvgIpc) is 3.25. The molecule has 0 saturated heterocycles. The van der Waals surface area contributed by atoms with Crippen LogP contribution in [0.4, 0.5) is 0 Å². The summed E-state index contributed by atoms with van der Waals surface area (Å²) in [5.74, 6) is -0.169. The zero-order valence-electron chi connectivity index (χ0n) is 19.3. The summed E-state index contributed by atoms with van der Waals surface area (Å²) in [5.41, 5.74) is 9.70. The van der Waals surface area contributed by atoms with Gasteiger partial charge in [-0.2, -0.15) is 0 Å². The fourth-order valence-corrected chi connectivity index (χ4v) is 4.23. The van der Waals surface area contributed by atoms with E-state index in [4.69, 9.17) is 5.73 Å². The average molecular weight is 434 g/mol. The number of fused-ring (bicyclic) bond motifs is 1. The number of carbonyl (C=O) groups excluding carboxylic acids is 2. The van der Waals surface area contributed by atoms with Gasteiger partial charge in [-0.15, -0.1) is 0 Å². The zero-order chi connectivity index (χ0) is 22.9. The summed E-state index contributed by atoms with van der Waals surface area (Å²) in [5, 5.41) is 1.20. The fourth-order valence-electron chi connectivity index (χ4n) is 4.23. The smallest absolute Gasteiger partial charge is 0.229 e. The lowest BCUT2D eigenvalue weighted by Gasteiger charge is -2.21. The second-order valence-electron chi connectivity index (χ2n) is 8.81. The van der Waals surface area contributed by atoms with Gasteiger partial charge in [0.2, 0.25) is 11.8 Å². The van der Waals surface area contributed by atoms with Crippen LogP contribution in [0.3, 0.4) is 0 Å². The van der Waals surface area contributed by atoms with Crippen molar-refractivity contribution in [2.75, 3.05) is 14.1 Å². The van der Waals surface area contributed by atoms with Gasteiger partial charge < -0.3 is 15.6 Å². The maximum Gasteiger partial charge on any atom is 0.229 e. The van der Waals surface area contributed by atoms with Crippen molar-refractivity contribution in [2.24, 2.45) is 5.73 Å². The van der Waals surface area contributed by atoms with E-state index in [1.54, 1.807) is 4.90 Å². The van der Waals surface area contributed by atoms with Crippen molar-refractivity contribution in [3.63, 3.8) is 0 Å². The van der Waals surface area contributed by atoms with Gasteiger partial charge in [-0.3, -0.25) is 9.59 Å². The lowest BCUT2D eigenvalue weighted by Crippen LogP contribution is -2.28. The van der Waals surface area contributed by atoms with Gasteiger partial charge in [0.25, 0.3) is 0 Å². The number of aromatic amines is 1. The van der Waals surface area contributed by atoms with Gasteiger partial charge in [0.1, 0.15) is 0 Å². The van der Waals surface area contributed by atoms with Crippen molar-refractivity contribution >= 4 is 22.7 Å². The lowest BCUT2D eigenvalue weighted by molar-refractivity contribution is -0.130. The quantitative estimate of drug-likeness (QED) is 0.364. The summed E-state index contributed by atoms with van der Waals surface area (Å²) >= 11 is 0. The van der Waals surface area contributed by atoms with E-state index in [0.29, 0.717) is 6.42 Å². The van der Waals surface area contributed by atoms with Crippen molar-refractivity contribution in [1.29, 1.82) is 0 Å². The first-order valence-corrected chi connectivity index (χ1v) is 11.6. The monoisotopic (exact) mass is 433 g/mol. The molecule has 0 aliphatic rings. The Morgan fingerprint density at radius 1 is 0.875 bits per heavy atom. The number of carbonyl (C=O) groups is 2. The van der Waals surface area contributed by atoms with E-state index in [2.05, 4.69) is 53.5 Å². The van der Waals surface area contributed by atoms with E-state index in [1.807, 2.05) is 20.3 Å². The molecule has 5 heteroatoms. The Morgan fingerprint density at radius 2 is 1.53 bits per heavy atom. The molecule has 3 rings (SSSR count). The maximum atomic E-state index is 12.9. The molecule has 0 saturated carbocycles. The number of likely N-dealkylation sites (N-methyl/N-ethyl adjacent to an activating group) is 1. The molecule has 2 amide bonds. The molecule has 1 aromatic heterocycles. The highest BCUT2D eigenvalue weighted by Crippen LogP contribution is 2.29. The highest BCUT2D eigenvalue weighted by atomic mass is 16.2. The summed E-state index contributed by atoms with van der Waals surface area (Å²) in [6, 6.07) is 16.9. The molecule has 0 aliphatic heterocycles.